The molecule has 1 aromatic carbocycles. The average molecular weight is 501 g/mol. The lowest BCUT2D eigenvalue weighted by atomic mass is 10.1. The number of nitrogen functional groups attached to an aromatic ring is 1. The van der Waals surface area contributed by atoms with Crippen molar-refractivity contribution in [2.45, 2.75) is 18.9 Å². The van der Waals surface area contributed by atoms with E-state index in [4.69, 9.17) is 43.6 Å². The molecule has 2 rings (SSSR count). The highest BCUT2D eigenvalue weighted by Crippen LogP contribution is 2.19. The normalized spacial score (nSPS) is 14.4. The molecule has 3 N–H and O–H groups in total. The van der Waals surface area contributed by atoms with Gasteiger partial charge in [0.1, 0.15) is 12.4 Å². The van der Waals surface area contributed by atoms with Crippen LogP contribution in [0.4, 0.5) is 5.69 Å². The first-order chi connectivity index (χ1) is 17.4. The van der Waals surface area contributed by atoms with Crippen molar-refractivity contribution in [3.05, 3.63) is 24.3 Å². The summed E-state index contributed by atoms with van der Waals surface area (Å²) in [6.45, 7) is 9.61. The van der Waals surface area contributed by atoms with Gasteiger partial charge in [-0.2, -0.15) is 0 Å². The van der Waals surface area contributed by atoms with Crippen molar-refractivity contribution in [1.29, 1.82) is 0 Å². The van der Waals surface area contributed by atoms with Crippen molar-refractivity contribution in [2.24, 2.45) is 0 Å². The second-order valence-corrected chi connectivity index (χ2v) is 7.88. The van der Waals surface area contributed by atoms with Gasteiger partial charge in [0.25, 0.3) is 0 Å². The van der Waals surface area contributed by atoms with Crippen LogP contribution in [0.1, 0.15) is 12.8 Å². The number of anilines is 1. The van der Waals surface area contributed by atoms with Crippen molar-refractivity contribution in [1.82, 2.24) is 5.32 Å². The van der Waals surface area contributed by atoms with Crippen LogP contribution in [-0.4, -0.2) is 112 Å². The minimum absolute atomic E-state index is 0.377. The molecule has 1 aliphatic heterocycles. The molecule has 1 fully saturated rings. The summed E-state index contributed by atoms with van der Waals surface area (Å²) in [6, 6.07) is 7.40. The number of ether oxygens (including phenoxy) is 8. The summed E-state index contributed by atoms with van der Waals surface area (Å²) in [5, 5.41) is 3.32. The molecule has 0 aliphatic carbocycles. The van der Waals surface area contributed by atoms with Gasteiger partial charge >= 0.3 is 0 Å². The molecule has 0 saturated carbocycles. The van der Waals surface area contributed by atoms with Crippen molar-refractivity contribution in [3.63, 3.8) is 0 Å². The third-order valence-corrected chi connectivity index (χ3v) is 5.13. The smallest absolute Gasteiger partial charge is 0.142 e. The predicted molar refractivity (Wildman–Crippen MR) is 133 cm³/mol. The SMILES string of the molecule is Nc1ccccc1OCCOCCOCCOCCOCCOCCOCCOC1CCNCC1. The summed E-state index contributed by atoms with van der Waals surface area (Å²) in [5.41, 5.74) is 6.43. The van der Waals surface area contributed by atoms with Crippen LogP contribution < -0.4 is 15.8 Å². The van der Waals surface area contributed by atoms with Crippen LogP contribution >= 0.6 is 0 Å². The van der Waals surface area contributed by atoms with E-state index in [0.29, 0.717) is 110 Å². The Balaban J connectivity index is 1.19. The van der Waals surface area contributed by atoms with E-state index in [0.717, 1.165) is 25.9 Å². The Morgan fingerprint density at radius 2 is 1.03 bits per heavy atom. The van der Waals surface area contributed by atoms with Crippen LogP contribution in [0.25, 0.3) is 0 Å². The number of nitrogens with two attached hydrogens (primary N) is 1. The molecule has 202 valence electrons. The summed E-state index contributed by atoms with van der Waals surface area (Å²) in [6.07, 6.45) is 2.55. The molecule has 0 atom stereocenters. The van der Waals surface area contributed by atoms with Crippen molar-refractivity contribution in [2.75, 3.05) is 111 Å². The van der Waals surface area contributed by atoms with E-state index in [1.165, 1.54) is 0 Å². The van der Waals surface area contributed by atoms with Gasteiger partial charge in [0.15, 0.2) is 0 Å². The molecule has 1 aromatic rings. The molecular weight excluding hydrogens is 456 g/mol. The first kappa shape index (κ1) is 29.7. The Hall–Kier alpha value is -1.50. The zero-order valence-corrected chi connectivity index (χ0v) is 21.0. The number of hydrogen-bond acceptors (Lipinski definition) is 10. The highest BCUT2D eigenvalue weighted by atomic mass is 16.6. The Kier molecular flexibility index (Phi) is 18.5. The van der Waals surface area contributed by atoms with E-state index in [1.807, 2.05) is 18.2 Å². The Labute approximate surface area is 209 Å². The van der Waals surface area contributed by atoms with E-state index in [9.17, 15) is 0 Å². The monoisotopic (exact) mass is 500 g/mol. The highest BCUT2D eigenvalue weighted by Gasteiger charge is 2.12. The molecule has 10 heteroatoms. The molecule has 0 spiro atoms. The average Bonchev–Trinajstić information content (AvgIpc) is 2.88. The van der Waals surface area contributed by atoms with E-state index in [-0.39, 0.29) is 0 Å². The van der Waals surface area contributed by atoms with Gasteiger partial charge < -0.3 is 48.9 Å². The maximum absolute atomic E-state index is 5.81. The predicted octanol–water partition coefficient (Wildman–Crippen LogP) is 1.52. The highest BCUT2D eigenvalue weighted by molar-refractivity contribution is 5.51. The number of benzene rings is 1. The summed E-state index contributed by atoms with van der Waals surface area (Å²) in [4.78, 5) is 0. The molecule has 0 bridgehead atoms. The third-order valence-electron chi connectivity index (χ3n) is 5.13. The molecule has 0 aromatic heterocycles. The number of piperidine rings is 1. The van der Waals surface area contributed by atoms with Crippen LogP contribution in [0.3, 0.4) is 0 Å². The minimum Gasteiger partial charge on any atom is -0.489 e. The van der Waals surface area contributed by atoms with Crippen LogP contribution in [0, 0.1) is 0 Å². The van der Waals surface area contributed by atoms with Gasteiger partial charge in [-0.15, -0.1) is 0 Å². The third kappa shape index (κ3) is 16.7. The second kappa shape index (κ2) is 21.8. The van der Waals surface area contributed by atoms with Gasteiger partial charge in [-0.3, -0.25) is 0 Å². The van der Waals surface area contributed by atoms with E-state index >= 15 is 0 Å². The molecular formula is C25H44N2O8. The molecule has 0 unspecified atom stereocenters. The van der Waals surface area contributed by atoms with Gasteiger partial charge in [-0.1, -0.05) is 12.1 Å². The largest absolute Gasteiger partial charge is 0.489 e. The van der Waals surface area contributed by atoms with Crippen LogP contribution in [0.15, 0.2) is 24.3 Å². The lowest BCUT2D eigenvalue weighted by Crippen LogP contribution is -2.33. The topological polar surface area (TPSA) is 112 Å². The summed E-state index contributed by atoms with van der Waals surface area (Å²) in [5.74, 6) is 0.676. The zero-order valence-electron chi connectivity index (χ0n) is 21.0. The number of hydrogen-bond donors (Lipinski definition) is 2. The maximum Gasteiger partial charge on any atom is 0.142 e. The van der Waals surface area contributed by atoms with E-state index < -0.39 is 0 Å². The van der Waals surface area contributed by atoms with Gasteiger partial charge in [0.05, 0.1) is 97.7 Å². The Bertz CT molecular complexity index is 605. The van der Waals surface area contributed by atoms with Crippen molar-refractivity contribution < 1.29 is 37.9 Å². The lowest BCUT2D eigenvalue weighted by molar-refractivity contribution is -0.0308. The number of para-hydroxylation sites is 2. The van der Waals surface area contributed by atoms with Gasteiger partial charge in [0.2, 0.25) is 0 Å². The zero-order chi connectivity index (χ0) is 24.7. The molecule has 35 heavy (non-hydrogen) atoms. The number of nitrogens with one attached hydrogen (secondary N) is 1. The fourth-order valence-corrected chi connectivity index (χ4v) is 3.26. The van der Waals surface area contributed by atoms with Crippen LogP contribution in [-0.2, 0) is 33.2 Å². The van der Waals surface area contributed by atoms with Crippen LogP contribution in [0.2, 0.25) is 0 Å². The van der Waals surface area contributed by atoms with E-state index in [2.05, 4.69) is 5.32 Å². The second-order valence-electron chi connectivity index (χ2n) is 7.88. The Morgan fingerprint density at radius 3 is 1.51 bits per heavy atom. The van der Waals surface area contributed by atoms with E-state index in [1.54, 1.807) is 6.07 Å². The quantitative estimate of drug-likeness (QED) is 0.169. The molecule has 1 saturated heterocycles. The summed E-state index contributed by atoms with van der Waals surface area (Å²) < 4.78 is 44.2. The van der Waals surface area contributed by atoms with Crippen molar-refractivity contribution >= 4 is 5.69 Å². The number of rotatable bonds is 23. The van der Waals surface area contributed by atoms with Gasteiger partial charge in [0, 0.05) is 0 Å². The summed E-state index contributed by atoms with van der Waals surface area (Å²) >= 11 is 0. The van der Waals surface area contributed by atoms with Crippen LogP contribution in [0.5, 0.6) is 5.75 Å². The van der Waals surface area contributed by atoms with Crippen molar-refractivity contribution in [3.8, 4) is 5.75 Å². The fraction of sp³-hybridized carbons (Fsp3) is 0.760. The maximum atomic E-state index is 5.81. The molecule has 0 radical (unpaired) electrons. The molecule has 1 heterocycles. The standard InChI is InChI=1S/C25H44N2O8/c26-24-3-1-2-4-25(24)35-22-20-33-18-16-31-14-12-29-10-9-28-11-13-30-15-17-32-19-21-34-23-5-7-27-8-6-23/h1-4,23,27H,5-22,26H2. The molecule has 0 amide bonds. The minimum atomic E-state index is 0.377. The first-order valence-corrected chi connectivity index (χ1v) is 12.6. The summed E-state index contributed by atoms with van der Waals surface area (Å²) in [7, 11) is 0. The lowest BCUT2D eigenvalue weighted by Gasteiger charge is -2.22. The molecule has 1 aliphatic rings. The fourth-order valence-electron chi connectivity index (χ4n) is 3.26. The van der Waals surface area contributed by atoms with Gasteiger partial charge in [-0.25, -0.2) is 0 Å². The Morgan fingerprint density at radius 1 is 0.600 bits per heavy atom. The first-order valence-electron chi connectivity index (χ1n) is 12.6. The van der Waals surface area contributed by atoms with Gasteiger partial charge in [-0.05, 0) is 38.1 Å². The molecule has 10 nitrogen and oxygen atoms in total.